The van der Waals surface area contributed by atoms with E-state index in [0.717, 1.165) is 37.9 Å². The molecular weight excluding hydrogens is 246 g/mol. The van der Waals surface area contributed by atoms with Crippen LogP contribution >= 0.6 is 0 Å². The number of aliphatic carboxylic acids is 1. The van der Waals surface area contributed by atoms with E-state index in [9.17, 15) is 4.79 Å². The van der Waals surface area contributed by atoms with E-state index in [4.69, 9.17) is 14.9 Å². The van der Waals surface area contributed by atoms with Gasteiger partial charge in [0.15, 0.2) is 6.61 Å². The number of unbranched alkanes of at least 4 members (excludes halogenated alkanes) is 2. The number of benzene rings is 1. The van der Waals surface area contributed by atoms with Gasteiger partial charge in [0.1, 0.15) is 5.75 Å². The molecule has 1 aromatic rings. The van der Waals surface area contributed by atoms with E-state index in [1.807, 2.05) is 18.2 Å². The van der Waals surface area contributed by atoms with Gasteiger partial charge >= 0.3 is 5.97 Å². The lowest BCUT2D eigenvalue weighted by Gasteiger charge is -2.07. The van der Waals surface area contributed by atoms with E-state index >= 15 is 0 Å². The van der Waals surface area contributed by atoms with Gasteiger partial charge in [-0.25, -0.2) is 4.79 Å². The van der Waals surface area contributed by atoms with Gasteiger partial charge in [-0.1, -0.05) is 12.1 Å². The van der Waals surface area contributed by atoms with Gasteiger partial charge in [-0.2, -0.15) is 0 Å². The van der Waals surface area contributed by atoms with Gasteiger partial charge in [-0.05, 0) is 43.5 Å². The summed E-state index contributed by atoms with van der Waals surface area (Å²) in [6, 6.07) is 7.39. The van der Waals surface area contributed by atoms with Crippen molar-refractivity contribution in [1.29, 1.82) is 0 Å². The first-order valence-corrected chi connectivity index (χ1v) is 6.47. The van der Waals surface area contributed by atoms with E-state index in [1.165, 1.54) is 0 Å². The summed E-state index contributed by atoms with van der Waals surface area (Å²) in [6.07, 6.45) is 2.90. The number of hydrogen-bond donors (Lipinski definition) is 3. The number of carboxylic acid groups (broad SMARTS) is 1. The zero-order valence-electron chi connectivity index (χ0n) is 11.0. The molecule has 0 bridgehead atoms. The molecule has 1 rings (SSSR count). The molecular formula is C14H21NO4. The van der Waals surface area contributed by atoms with Crippen molar-refractivity contribution in [3.8, 4) is 5.75 Å². The second kappa shape index (κ2) is 9.35. The molecule has 3 N–H and O–H groups in total. The standard InChI is InChI=1S/C14H21NO4/c16-8-3-1-2-7-15-10-12-5-4-6-13(9-12)19-11-14(17)18/h4-6,9,15-16H,1-3,7-8,10-11H2,(H,17,18). The molecule has 0 aliphatic rings. The van der Waals surface area contributed by atoms with Crippen LogP contribution in [0.2, 0.25) is 0 Å². The second-order valence-electron chi connectivity index (χ2n) is 4.29. The minimum Gasteiger partial charge on any atom is -0.482 e. The Balaban J connectivity index is 2.25. The number of nitrogens with one attached hydrogen (secondary N) is 1. The van der Waals surface area contributed by atoms with Crippen molar-refractivity contribution in [2.45, 2.75) is 25.8 Å². The molecule has 0 saturated heterocycles. The third kappa shape index (κ3) is 7.43. The number of carbonyl (C=O) groups is 1. The van der Waals surface area contributed by atoms with Crippen LogP contribution in [0.25, 0.3) is 0 Å². The minimum atomic E-state index is -0.979. The monoisotopic (exact) mass is 267 g/mol. The Bertz CT molecular complexity index is 381. The molecule has 19 heavy (non-hydrogen) atoms. The Morgan fingerprint density at radius 1 is 1.26 bits per heavy atom. The fourth-order valence-electron chi connectivity index (χ4n) is 1.66. The zero-order chi connectivity index (χ0) is 13.9. The number of aliphatic hydroxyl groups excluding tert-OH is 1. The molecule has 0 aromatic heterocycles. The van der Waals surface area contributed by atoms with Crippen LogP contribution in [0.5, 0.6) is 5.75 Å². The number of ether oxygens (including phenoxy) is 1. The van der Waals surface area contributed by atoms with Gasteiger partial charge in [0.25, 0.3) is 0 Å². The molecule has 0 radical (unpaired) electrons. The van der Waals surface area contributed by atoms with Crippen molar-refractivity contribution in [2.75, 3.05) is 19.8 Å². The van der Waals surface area contributed by atoms with Gasteiger partial charge in [-0.3, -0.25) is 0 Å². The maximum absolute atomic E-state index is 10.4. The van der Waals surface area contributed by atoms with Gasteiger partial charge in [0.2, 0.25) is 0 Å². The molecule has 0 spiro atoms. The quantitative estimate of drug-likeness (QED) is 0.558. The maximum atomic E-state index is 10.4. The van der Waals surface area contributed by atoms with Crippen molar-refractivity contribution in [3.05, 3.63) is 29.8 Å². The van der Waals surface area contributed by atoms with Crippen LogP contribution < -0.4 is 10.1 Å². The van der Waals surface area contributed by atoms with Gasteiger partial charge in [0.05, 0.1) is 0 Å². The molecule has 0 heterocycles. The summed E-state index contributed by atoms with van der Waals surface area (Å²) in [5.74, 6) is -0.408. The molecule has 5 nitrogen and oxygen atoms in total. The molecule has 5 heteroatoms. The lowest BCUT2D eigenvalue weighted by atomic mass is 10.2. The van der Waals surface area contributed by atoms with Gasteiger partial charge < -0.3 is 20.3 Å². The Morgan fingerprint density at radius 2 is 2.11 bits per heavy atom. The van der Waals surface area contributed by atoms with E-state index in [2.05, 4.69) is 5.32 Å². The molecule has 106 valence electrons. The summed E-state index contributed by atoms with van der Waals surface area (Å²) in [4.78, 5) is 10.4. The van der Waals surface area contributed by atoms with Crippen LogP contribution in [0.3, 0.4) is 0 Å². The molecule has 0 fully saturated rings. The van der Waals surface area contributed by atoms with Crippen LogP contribution in [0, 0.1) is 0 Å². The lowest BCUT2D eigenvalue weighted by Crippen LogP contribution is -2.15. The maximum Gasteiger partial charge on any atom is 0.341 e. The van der Waals surface area contributed by atoms with Crippen LogP contribution in [0.4, 0.5) is 0 Å². The average molecular weight is 267 g/mol. The third-order valence-corrected chi connectivity index (χ3v) is 2.60. The fraction of sp³-hybridized carbons (Fsp3) is 0.500. The van der Waals surface area contributed by atoms with Crippen LogP contribution in [0.1, 0.15) is 24.8 Å². The summed E-state index contributed by atoms with van der Waals surface area (Å²) in [5, 5.41) is 20.5. The van der Waals surface area contributed by atoms with E-state index < -0.39 is 5.97 Å². The highest BCUT2D eigenvalue weighted by atomic mass is 16.5. The van der Waals surface area contributed by atoms with Crippen LogP contribution in [-0.4, -0.2) is 35.9 Å². The summed E-state index contributed by atoms with van der Waals surface area (Å²) in [5.41, 5.74) is 1.06. The topological polar surface area (TPSA) is 78.8 Å². The van der Waals surface area contributed by atoms with Crippen LogP contribution in [0.15, 0.2) is 24.3 Å². The van der Waals surface area contributed by atoms with Crippen molar-refractivity contribution in [3.63, 3.8) is 0 Å². The normalized spacial score (nSPS) is 10.4. The Labute approximate surface area is 113 Å². The first-order chi connectivity index (χ1) is 9.22. The van der Waals surface area contributed by atoms with Crippen LogP contribution in [-0.2, 0) is 11.3 Å². The molecule has 0 amide bonds. The largest absolute Gasteiger partial charge is 0.482 e. The summed E-state index contributed by atoms with van der Waals surface area (Å²) < 4.78 is 5.11. The molecule has 0 unspecified atom stereocenters. The summed E-state index contributed by atoms with van der Waals surface area (Å²) in [6.45, 7) is 1.56. The highest BCUT2D eigenvalue weighted by molar-refractivity contribution is 5.68. The second-order valence-corrected chi connectivity index (χ2v) is 4.29. The van der Waals surface area contributed by atoms with E-state index in [0.29, 0.717) is 5.75 Å². The first kappa shape index (κ1) is 15.5. The van der Waals surface area contributed by atoms with E-state index in [-0.39, 0.29) is 13.2 Å². The van der Waals surface area contributed by atoms with Crippen molar-refractivity contribution in [2.24, 2.45) is 0 Å². The number of carboxylic acids is 1. The minimum absolute atomic E-state index is 0.253. The fourth-order valence-corrected chi connectivity index (χ4v) is 1.66. The highest BCUT2D eigenvalue weighted by Crippen LogP contribution is 2.13. The van der Waals surface area contributed by atoms with Crippen molar-refractivity contribution >= 4 is 5.97 Å². The van der Waals surface area contributed by atoms with Crippen molar-refractivity contribution < 1.29 is 19.7 Å². The summed E-state index contributed by atoms with van der Waals surface area (Å²) >= 11 is 0. The average Bonchev–Trinajstić information content (AvgIpc) is 2.41. The first-order valence-electron chi connectivity index (χ1n) is 6.47. The molecule has 0 atom stereocenters. The van der Waals surface area contributed by atoms with Crippen molar-refractivity contribution in [1.82, 2.24) is 5.32 Å². The summed E-state index contributed by atoms with van der Waals surface area (Å²) in [7, 11) is 0. The van der Waals surface area contributed by atoms with Gasteiger partial charge in [0, 0.05) is 13.2 Å². The smallest absolute Gasteiger partial charge is 0.341 e. The molecule has 0 aliphatic carbocycles. The number of hydrogen-bond acceptors (Lipinski definition) is 4. The number of aliphatic hydroxyl groups is 1. The predicted molar refractivity (Wildman–Crippen MR) is 72.2 cm³/mol. The third-order valence-electron chi connectivity index (χ3n) is 2.60. The zero-order valence-corrected chi connectivity index (χ0v) is 11.0. The SMILES string of the molecule is O=C(O)COc1cccc(CNCCCCCO)c1. The van der Waals surface area contributed by atoms with E-state index in [1.54, 1.807) is 6.07 Å². The molecule has 0 saturated carbocycles. The molecule has 0 aliphatic heterocycles. The Hall–Kier alpha value is -1.59. The Morgan fingerprint density at radius 3 is 2.84 bits per heavy atom. The lowest BCUT2D eigenvalue weighted by molar-refractivity contribution is -0.139. The molecule has 1 aromatic carbocycles. The highest BCUT2D eigenvalue weighted by Gasteiger charge is 2.00. The number of rotatable bonds is 10. The van der Waals surface area contributed by atoms with Gasteiger partial charge in [-0.15, -0.1) is 0 Å². The predicted octanol–water partition coefficient (Wildman–Crippen LogP) is 1.40. The Kier molecular flexibility index (Phi) is 7.62.